The number of thioether (sulfide) groups is 1. The number of nitrogens with zero attached hydrogens (tertiary/aromatic N) is 4. The zero-order valence-electron chi connectivity index (χ0n) is 19.6. The van der Waals surface area contributed by atoms with E-state index in [0.717, 1.165) is 5.57 Å². The van der Waals surface area contributed by atoms with Gasteiger partial charge < -0.3 is 15.3 Å². The normalized spacial score (nSPS) is 27.1. The smallest absolute Gasteiger partial charge is 0.395 e. The van der Waals surface area contributed by atoms with Crippen LogP contribution in [0.1, 0.15) is 16.7 Å². The summed E-state index contributed by atoms with van der Waals surface area (Å²) in [6.45, 7) is 3.71. The van der Waals surface area contributed by atoms with E-state index in [2.05, 4.69) is 15.4 Å². The molecule has 0 radical (unpaired) electrons. The van der Waals surface area contributed by atoms with E-state index in [9.17, 15) is 23.1 Å². The van der Waals surface area contributed by atoms with Crippen LogP contribution in [0.4, 0.5) is 13.2 Å². The largest absolute Gasteiger partial charge is 0.416 e. The van der Waals surface area contributed by atoms with Crippen molar-refractivity contribution in [1.29, 1.82) is 0 Å². The Bertz CT molecular complexity index is 1210. The van der Waals surface area contributed by atoms with Crippen LogP contribution in [0, 0.1) is 12.8 Å². The molecule has 4 aliphatic rings. The van der Waals surface area contributed by atoms with Crippen molar-refractivity contribution in [3.05, 3.63) is 69.7 Å². The standard InChI is InChI=1S/C25H26F3N5O2S/c1-15-2-4-17(20(8-15)25(26,27)28)12-33-21-5-3-16(9-18(21)11-30-33)10-22-23(35)31-24(36-22)32-7-6-29-19(13-32)14-34/h2-5,8-11,18-19,21,29,34H,6-7,12-14H2,1H3/b22-10-/t18?,19-,21?/m0/s1. The van der Waals surface area contributed by atoms with Crippen LogP contribution in [0.5, 0.6) is 0 Å². The summed E-state index contributed by atoms with van der Waals surface area (Å²) in [6.07, 6.45) is 4.85. The number of hydrazone groups is 1. The highest BCUT2D eigenvalue weighted by Crippen LogP contribution is 2.36. The van der Waals surface area contributed by atoms with Crippen molar-refractivity contribution in [2.75, 3.05) is 26.2 Å². The van der Waals surface area contributed by atoms with Gasteiger partial charge >= 0.3 is 6.18 Å². The number of aliphatic hydroxyl groups excluding tert-OH is 1. The molecular weight excluding hydrogens is 491 g/mol. The number of carbonyl (C=O) groups is 1. The number of carbonyl (C=O) groups excluding carboxylic acids is 1. The molecule has 0 spiro atoms. The monoisotopic (exact) mass is 517 g/mol. The third kappa shape index (κ3) is 5.14. The fraction of sp³-hybridized carbons (Fsp3) is 0.400. The van der Waals surface area contributed by atoms with Gasteiger partial charge in [-0.1, -0.05) is 35.9 Å². The Morgan fingerprint density at radius 2 is 2.17 bits per heavy atom. The summed E-state index contributed by atoms with van der Waals surface area (Å²) in [4.78, 5) is 19.2. The maximum absolute atomic E-state index is 13.6. The number of hydrogen-bond donors (Lipinski definition) is 2. The highest BCUT2D eigenvalue weighted by atomic mass is 32.2. The van der Waals surface area contributed by atoms with Gasteiger partial charge in [0.25, 0.3) is 5.91 Å². The molecule has 2 unspecified atom stereocenters. The second-order valence-corrected chi connectivity index (χ2v) is 10.2. The molecule has 5 rings (SSSR count). The Morgan fingerprint density at radius 3 is 2.94 bits per heavy atom. The molecule has 0 aromatic heterocycles. The van der Waals surface area contributed by atoms with Crippen molar-refractivity contribution in [3.8, 4) is 0 Å². The van der Waals surface area contributed by atoms with Crippen molar-refractivity contribution < 1.29 is 23.1 Å². The molecule has 1 aliphatic carbocycles. The summed E-state index contributed by atoms with van der Waals surface area (Å²) in [5.74, 6) is -0.409. The lowest BCUT2D eigenvalue weighted by molar-refractivity contribution is -0.138. The molecule has 0 bridgehead atoms. The Balaban J connectivity index is 1.26. The summed E-state index contributed by atoms with van der Waals surface area (Å²) in [7, 11) is 0. The first-order valence-corrected chi connectivity index (χ1v) is 12.5. The van der Waals surface area contributed by atoms with Gasteiger partial charge in [-0.3, -0.25) is 9.80 Å². The second kappa shape index (κ2) is 9.87. The highest BCUT2D eigenvalue weighted by Gasteiger charge is 2.36. The number of allylic oxidation sites excluding steroid dienone is 3. The average Bonchev–Trinajstić information content (AvgIpc) is 3.42. The SMILES string of the molecule is Cc1ccc(CN2N=CC3C=C(/C=C4\SC(N5CCN[C@H](CO)C5)=NC4=O)C=CC32)c(C(F)(F)F)c1. The number of halogens is 3. The third-order valence-corrected chi connectivity index (χ3v) is 7.60. The lowest BCUT2D eigenvalue weighted by Gasteiger charge is -2.33. The van der Waals surface area contributed by atoms with Gasteiger partial charge in [0.2, 0.25) is 0 Å². The third-order valence-electron chi connectivity index (χ3n) is 6.55. The molecule has 7 nitrogen and oxygen atoms in total. The lowest BCUT2D eigenvalue weighted by atomic mass is 9.92. The minimum atomic E-state index is -4.43. The molecule has 1 aromatic carbocycles. The van der Waals surface area contributed by atoms with Gasteiger partial charge in [0, 0.05) is 37.8 Å². The average molecular weight is 518 g/mol. The minimum Gasteiger partial charge on any atom is -0.395 e. The highest BCUT2D eigenvalue weighted by molar-refractivity contribution is 8.18. The van der Waals surface area contributed by atoms with E-state index in [1.165, 1.54) is 23.9 Å². The van der Waals surface area contributed by atoms with E-state index in [1.54, 1.807) is 30.3 Å². The summed E-state index contributed by atoms with van der Waals surface area (Å²) in [6, 6.07) is 4.12. The van der Waals surface area contributed by atoms with E-state index in [1.807, 2.05) is 23.1 Å². The zero-order chi connectivity index (χ0) is 25.4. The molecule has 11 heteroatoms. The number of aliphatic imine (C=N–C) groups is 1. The van der Waals surface area contributed by atoms with E-state index in [0.29, 0.717) is 35.3 Å². The van der Waals surface area contributed by atoms with Crippen LogP contribution in [-0.2, 0) is 17.5 Å². The van der Waals surface area contributed by atoms with Gasteiger partial charge in [-0.15, -0.1) is 0 Å². The molecule has 2 N–H and O–H groups in total. The van der Waals surface area contributed by atoms with Crippen molar-refractivity contribution in [2.24, 2.45) is 16.0 Å². The molecule has 3 atom stereocenters. The number of hydrogen-bond acceptors (Lipinski definition) is 7. The van der Waals surface area contributed by atoms with Gasteiger partial charge in [-0.2, -0.15) is 23.3 Å². The first kappa shape index (κ1) is 24.8. The first-order valence-electron chi connectivity index (χ1n) is 11.7. The molecule has 1 saturated heterocycles. The Hall–Kier alpha value is -2.89. The van der Waals surface area contributed by atoms with Crippen molar-refractivity contribution in [2.45, 2.75) is 31.7 Å². The van der Waals surface area contributed by atoms with Crippen LogP contribution in [0.2, 0.25) is 0 Å². The number of alkyl halides is 3. The van der Waals surface area contributed by atoms with Gasteiger partial charge in [0.05, 0.1) is 29.7 Å². The summed E-state index contributed by atoms with van der Waals surface area (Å²) in [5.41, 5.74) is 0.940. The maximum atomic E-state index is 13.6. The fourth-order valence-electron chi connectivity index (χ4n) is 4.70. The van der Waals surface area contributed by atoms with Crippen molar-refractivity contribution in [3.63, 3.8) is 0 Å². The van der Waals surface area contributed by atoms with Crippen LogP contribution in [0.25, 0.3) is 0 Å². The number of rotatable bonds is 4. The van der Waals surface area contributed by atoms with Gasteiger partial charge in [0.15, 0.2) is 5.17 Å². The van der Waals surface area contributed by atoms with Gasteiger partial charge in [-0.25, -0.2) is 0 Å². The van der Waals surface area contributed by atoms with E-state index in [-0.39, 0.29) is 42.6 Å². The number of fused-ring (bicyclic) bond motifs is 1. The second-order valence-electron chi connectivity index (χ2n) is 9.20. The lowest BCUT2D eigenvalue weighted by Crippen LogP contribution is -2.53. The molecule has 0 saturated carbocycles. The Labute approximate surface area is 211 Å². The molecule has 1 aromatic rings. The number of amidine groups is 1. The number of amides is 1. The van der Waals surface area contributed by atoms with Crippen LogP contribution in [-0.4, -0.2) is 70.6 Å². The van der Waals surface area contributed by atoms with Crippen LogP contribution < -0.4 is 5.32 Å². The predicted molar refractivity (Wildman–Crippen MR) is 133 cm³/mol. The summed E-state index contributed by atoms with van der Waals surface area (Å²) < 4.78 is 40.7. The zero-order valence-corrected chi connectivity index (χ0v) is 20.4. The molecule has 3 heterocycles. The minimum absolute atomic E-state index is 0.0192. The van der Waals surface area contributed by atoms with E-state index >= 15 is 0 Å². The molecular formula is C25H26F3N5O2S. The number of aliphatic hydroxyl groups is 1. The fourth-order valence-corrected chi connectivity index (χ4v) is 5.65. The number of piperazine rings is 1. The van der Waals surface area contributed by atoms with E-state index in [4.69, 9.17) is 0 Å². The molecule has 1 fully saturated rings. The van der Waals surface area contributed by atoms with E-state index < -0.39 is 11.7 Å². The van der Waals surface area contributed by atoms with Crippen molar-refractivity contribution >= 4 is 29.1 Å². The number of aryl methyl sites for hydroxylation is 1. The van der Waals surface area contributed by atoms with Gasteiger partial charge in [0.1, 0.15) is 0 Å². The first-order chi connectivity index (χ1) is 17.2. The number of nitrogens with one attached hydrogen (secondary N) is 1. The quantitative estimate of drug-likeness (QED) is 0.598. The molecule has 190 valence electrons. The Morgan fingerprint density at radius 1 is 1.33 bits per heavy atom. The molecule has 3 aliphatic heterocycles. The number of benzene rings is 1. The Kier molecular flexibility index (Phi) is 6.80. The summed E-state index contributed by atoms with van der Waals surface area (Å²) in [5, 5.41) is 19.3. The van der Waals surface area contributed by atoms with Crippen molar-refractivity contribution in [1.82, 2.24) is 15.2 Å². The van der Waals surface area contributed by atoms with Crippen LogP contribution in [0.3, 0.4) is 0 Å². The van der Waals surface area contributed by atoms with Crippen LogP contribution >= 0.6 is 11.8 Å². The molecule has 36 heavy (non-hydrogen) atoms. The maximum Gasteiger partial charge on any atom is 0.416 e. The van der Waals surface area contributed by atoms with Gasteiger partial charge in [-0.05, 0) is 42.0 Å². The predicted octanol–water partition coefficient (Wildman–Crippen LogP) is 3.08. The molecule has 1 amide bonds. The summed E-state index contributed by atoms with van der Waals surface area (Å²) >= 11 is 1.32. The topological polar surface area (TPSA) is 80.5 Å². The van der Waals surface area contributed by atoms with Crippen LogP contribution in [0.15, 0.2) is 63.1 Å².